The van der Waals surface area contributed by atoms with Crippen LogP contribution in [0.3, 0.4) is 0 Å². The van der Waals surface area contributed by atoms with Crippen molar-refractivity contribution in [3.05, 3.63) is 47.5 Å². The van der Waals surface area contributed by atoms with E-state index in [-0.39, 0.29) is 30.1 Å². The van der Waals surface area contributed by atoms with Crippen molar-refractivity contribution in [1.82, 2.24) is 14.1 Å². The van der Waals surface area contributed by atoms with Crippen LogP contribution in [0.5, 0.6) is 0 Å². The first-order valence-electron chi connectivity index (χ1n) is 8.81. The van der Waals surface area contributed by atoms with Crippen molar-refractivity contribution >= 4 is 10.0 Å². The monoisotopic (exact) mass is 379 g/mol. The Kier molecular flexibility index (Phi) is 4.37. The summed E-state index contributed by atoms with van der Waals surface area (Å²) >= 11 is 0. The highest BCUT2D eigenvalue weighted by Gasteiger charge is 2.37. The van der Waals surface area contributed by atoms with Gasteiger partial charge in [0.25, 0.3) is 0 Å². The molecule has 0 bridgehead atoms. The van der Waals surface area contributed by atoms with Crippen molar-refractivity contribution in [1.29, 1.82) is 0 Å². The van der Waals surface area contributed by atoms with E-state index < -0.39 is 22.1 Å². The highest BCUT2D eigenvalue weighted by Crippen LogP contribution is 2.37. The van der Waals surface area contributed by atoms with Gasteiger partial charge < -0.3 is 4.74 Å². The van der Waals surface area contributed by atoms with E-state index in [2.05, 4.69) is 5.10 Å². The minimum atomic E-state index is -3.66. The molecule has 1 aliphatic carbocycles. The van der Waals surface area contributed by atoms with Gasteiger partial charge in [-0.05, 0) is 38.8 Å². The largest absolute Gasteiger partial charge is 0.368 e. The van der Waals surface area contributed by atoms with Crippen LogP contribution < -0.4 is 0 Å². The van der Waals surface area contributed by atoms with Gasteiger partial charge in [0.05, 0.1) is 28.8 Å². The van der Waals surface area contributed by atoms with Crippen LogP contribution >= 0.6 is 0 Å². The lowest BCUT2D eigenvalue weighted by atomic mass is 10.1. The molecule has 4 rings (SSSR count). The Hall–Kier alpha value is -1.77. The van der Waals surface area contributed by atoms with Crippen LogP contribution in [0.1, 0.15) is 43.0 Å². The van der Waals surface area contributed by atoms with Gasteiger partial charge in [-0.2, -0.15) is 13.8 Å². The summed E-state index contributed by atoms with van der Waals surface area (Å²) in [5, 5.41) is 4.13. The summed E-state index contributed by atoms with van der Waals surface area (Å²) in [6, 6.07) is 6.87. The van der Waals surface area contributed by atoms with E-state index in [4.69, 9.17) is 4.74 Å². The maximum atomic E-state index is 14.7. The molecule has 6 nitrogen and oxygen atoms in total. The van der Waals surface area contributed by atoms with Crippen molar-refractivity contribution in [2.75, 3.05) is 13.1 Å². The maximum Gasteiger partial charge on any atom is 0.243 e. The summed E-state index contributed by atoms with van der Waals surface area (Å²) in [5.41, 5.74) is 1.32. The van der Waals surface area contributed by atoms with Gasteiger partial charge in [0.2, 0.25) is 16.0 Å². The third-order valence-electron chi connectivity index (χ3n) is 4.89. The van der Waals surface area contributed by atoms with E-state index in [1.165, 1.54) is 15.2 Å². The number of aryl methyl sites for hydroxylation is 1. The molecule has 26 heavy (non-hydrogen) atoms. The van der Waals surface area contributed by atoms with E-state index in [1.807, 2.05) is 6.92 Å². The molecular weight excluding hydrogens is 357 g/mol. The summed E-state index contributed by atoms with van der Waals surface area (Å²) in [4.78, 5) is 0.241. The fourth-order valence-corrected chi connectivity index (χ4v) is 4.81. The number of hydrogen-bond acceptors (Lipinski definition) is 4. The average molecular weight is 379 g/mol. The molecule has 1 aromatic heterocycles. The number of nitrogens with zero attached hydrogens (tertiary/aromatic N) is 3. The Morgan fingerprint density at radius 1 is 1.19 bits per heavy atom. The fourth-order valence-electron chi connectivity index (χ4n) is 3.29. The topological polar surface area (TPSA) is 64.4 Å². The van der Waals surface area contributed by atoms with Crippen LogP contribution in [0.15, 0.2) is 35.4 Å². The van der Waals surface area contributed by atoms with Gasteiger partial charge in [-0.3, -0.25) is 0 Å². The van der Waals surface area contributed by atoms with Crippen molar-refractivity contribution < 1.29 is 17.5 Å². The van der Waals surface area contributed by atoms with Gasteiger partial charge in [-0.15, -0.1) is 0 Å². The minimum Gasteiger partial charge on any atom is -0.368 e. The third-order valence-corrected chi connectivity index (χ3v) is 6.73. The molecule has 0 amide bonds. The molecular formula is C18H22FN3O3S. The predicted molar refractivity (Wildman–Crippen MR) is 93.7 cm³/mol. The zero-order valence-corrected chi connectivity index (χ0v) is 15.6. The maximum absolute atomic E-state index is 14.7. The van der Waals surface area contributed by atoms with E-state index in [0.29, 0.717) is 5.56 Å². The van der Waals surface area contributed by atoms with Gasteiger partial charge in [0.1, 0.15) is 6.10 Å². The summed E-state index contributed by atoms with van der Waals surface area (Å²) in [6.45, 7) is 4.02. The molecule has 2 fully saturated rings. The van der Waals surface area contributed by atoms with E-state index in [9.17, 15) is 12.8 Å². The van der Waals surface area contributed by atoms with Crippen molar-refractivity contribution in [3.63, 3.8) is 0 Å². The number of ether oxygens (including phenoxy) is 1. The molecule has 1 saturated heterocycles. The van der Waals surface area contributed by atoms with Crippen LogP contribution in [0.2, 0.25) is 0 Å². The standard InChI is InChI=1S/C18H22FN3O3S/c1-12-3-7-15(8-4-12)26(23,24)21-10-13(2)25-17(11-21)16-9-20-22(18(16)19)14-5-6-14/h3-4,7-9,13-14,17H,5-6,10-11H2,1-2H3/t13-,17-/m1/s1. The smallest absolute Gasteiger partial charge is 0.243 e. The second-order valence-electron chi connectivity index (χ2n) is 7.14. The van der Waals surface area contributed by atoms with Crippen molar-refractivity contribution in [3.8, 4) is 0 Å². The molecule has 0 unspecified atom stereocenters. The number of morpholine rings is 1. The van der Waals surface area contributed by atoms with Crippen molar-refractivity contribution in [2.24, 2.45) is 0 Å². The zero-order chi connectivity index (χ0) is 18.5. The first kappa shape index (κ1) is 17.6. The molecule has 2 aromatic rings. The first-order valence-corrected chi connectivity index (χ1v) is 10.3. The Bertz CT molecular complexity index is 906. The predicted octanol–water partition coefficient (Wildman–Crippen LogP) is 2.82. The molecule has 0 spiro atoms. The first-order chi connectivity index (χ1) is 12.4. The quantitative estimate of drug-likeness (QED) is 0.819. The molecule has 8 heteroatoms. The van der Waals surface area contributed by atoms with Crippen LogP contribution in [0.4, 0.5) is 4.39 Å². The van der Waals surface area contributed by atoms with Gasteiger partial charge in [-0.1, -0.05) is 17.7 Å². The van der Waals surface area contributed by atoms with Crippen LogP contribution in [0.25, 0.3) is 0 Å². The fraction of sp³-hybridized carbons (Fsp3) is 0.500. The zero-order valence-electron chi connectivity index (χ0n) is 14.8. The highest BCUT2D eigenvalue weighted by atomic mass is 32.2. The summed E-state index contributed by atoms with van der Waals surface area (Å²) in [5.74, 6) is -0.417. The van der Waals surface area contributed by atoms with Gasteiger partial charge >= 0.3 is 0 Å². The molecule has 0 radical (unpaired) electrons. The minimum absolute atomic E-state index is 0.0772. The normalized spacial score (nSPS) is 24.7. The number of sulfonamides is 1. The molecule has 140 valence electrons. The Balaban J connectivity index is 1.61. The van der Waals surface area contributed by atoms with Crippen LogP contribution in [-0.4, -0.2) is 41.7 Å². The summed E-state index contributed by atoms with van der Waals surface area (Å²) < 4.78 is 49.3. The Labute approximate surface area is 152 Å². The number of aromatic nitrogens is 2. The Morgan fingerprint density at radius 3 is 2.54 bits per heavy atom. The molecule has 1 aromatic carbocycles. The molecule has 0 N–H and O–H groups in total. The SMILES string of the molecule is Cc1ccc(S(=O)(=O)N2C[C@@H](C)O[C@@H](c3cnn(C4CC4)c3F)C2)cc1. The van der Waals surface area contributed by atoms with Crippen LogP contribution in [0, 0.1) is 12.9 Å². The molecule has 1 aliphatic heterocycles. The lowest BCUT2D eigenvalue weighted by Crippen LogP contribution is -2.46. The second-order valence-corrected chi connectivity index (χ2v) is 9.07. The van der Waals surface area contributed by atoms with Gasteiger partial charge in [0.15, 0.2) is 0 Å². The summed E-state index contributed by atoms with van der Waals surface area (Å²) in [6.07, 6.45) is 2.32. The second kappa shape index (κ2) is 6.44. The average Bonchev–Trinajstić information content (AvgIpc) is 3.37. The number of benzene rings is 1. The number of rotatable bonds is 4. The molecule has 2 atom stereocenters. The lowest BCUT2D eigenvalue weighted by molar-refractivity contribution is -0.0573. The van der Waals surface area contributed by atoms with Gasteiger partial charge in [-0.25, -0.2) is 13.1 Å². The summed E-state index contributed by atoms with van der Waals surface area (Å²) in [7, 11) is -3.66. The molecule has 2 heterocycles. The lowest BCUT2D eigenvalue weighted by Gasteiger charge is -2.35. The van der Waals surface area contributed by atoms with Crippen LogP contribution in [-0.2, 0) is 14.8 Å². The third kappa shape index (κ3) is 3.17. The number of halogens is 1. The Morgan fingerprint density at radius 2 is 1.88 bits per heavy atom. The van der Waals surface area contributed by atoms with E-state index >= 15 is 0 Å². The van der Waals surface area contributed by atoms with E-state index in [1.54, 1.807) is 31.2 Å². The van der Waals surface area contributed by atoms with Gasteiger partial charge in [0, 0.05) is 13.1 Å². The number of hydrogen-bond donors (Lipinski definition) is 0. The van der Waals surface area contributed by atoms with E-state index in [0.717, 1.165) is 18.4 Å². The molecule has 1 saturated carbocycles. The van der Waals surface area contributed by atoms with Crippen molar-refractivity contribution in [2.45, 2.75) is 49.8 Å². The molecule has 2 aliphatic rings. The highest BCUT2D eigenvalue weighted by molar-refractivity contribution is 7.89.